The largest absolute Gasteiger partial charge is 0.342 e. The highest BCUT2D eigenvalue weighted by Crippen LogP contribution is 2.20. The van der Waals surface area contributed by atoms with Crippen LogP contribution in [-0.2, 0) is 9.59 Å². The molecule has 1 heterocycles. The average molecular weight is 297 g/mol. The Bertz CT molecular complexity index is 367. The Morgan fingerprint density at radius 2 is 1.81 bits per heavy atom. The highest BCUT2D eigenvalue weighted by Gasteiger charge is 2.41. The van der Waals surface area contributed by atoms with E-state index in [0.29, 0.717) is 18.9 Å². The van der Waals surface area contributed by atoms with Crippen LogP contribution in [0.1, 0.15) is 40.5 Å². The molecule has 1 N–H and O–H groups in total. The molecule has 0 saturated carbocycles. The number of rotatable bonds is 7. The molecule has 1 fully saturated rings. The van der Waals surface area contributed by atoms with E-state index in [2.05, 4.69) is 24.1 Å². The first-order valence-electron chi connectivity index (χ1n) is 7.99. The molecule has 2 unspecified atom stereocenters. The van der Waals surface area contributed by atoms with Crippen molar-refractivity contribution < 1.29 is 9.59 Å². The summed E-state index contributed by atoms with van der Waals surface area (Å²) in [5.74, 6) is 0.604. The van der Waals surface area contributed by atoms with Gasteiger partial charge in [-0.25, -0.2) is 0 Å². The van der Waals surface area contributed by atoms with Crippen LogP contribution in [0.15, 0.2) is 0 Å². The smallest absolute Gasteiger partial charge is 0.245 e. The molecule has 1 aliphatic heterocycles. The van der Waals surface area contributed by atoms with Crippen molar-refractivity contribution in [3.8, 4) is 0 Å². The molecule has 0 aromatic carbocycles. The number of amides is 2. The van der Waals surface area contributed by atoms with E-state index < -0.39 is 0 Å². The van der Waals surface area contributed by atoms with Gasteiger partial charge in [0.15, 0.2) is 0 Å². The number of carbonyl (C=O) groups is 2. The predicted octanol–water partition coefficient (Wildman–Crippen LogP) is 1.34. The van der Waals surface area contributed by atoms with E-state index in [4.69, 9.17) is 0 Å². The van der Waals surface area contributed by atoms with E-state index in [1.54, 1.807) is 4.90 Å². The molecule has 21 heavy (non-hydrogen) atoms. The number of nitrogens with one attached hydrogen (secondary N) is 1. The standard InChI is InChI=1S/C16H31N3O2/c1-11(2)10-13-16(21)19(9-7-8-18(5)6)14(12(3)4)15(20)17-13/h11-14H,7-10H2,1-6H3,(H,17,20). The first-order valence-corrected chi connectivity index (χ1v) is 7.99. The van der Waals surface area contributed by atoms with Crippen molar-refractivity contribution in [2.24, 2.45) is 11.8 Å². The molecule has 122 valence electrons. The fourth-order valence-corrected chi connectivity index (χ4v) is 2.90. The van der Waals surface area contributed by atoms with Crippen LogP contribution in [-0.4, -0.2) is 60.9 Å². The van der Waals surface area contributed by atoms with Crippen molar-refractivity contribution in [1.29, 1.82) is 0 Å². The van der Waals surface area contributed by atoms with Gasteiger partial charge in [-0.1, -0.05) is 27.7 Å². The molecule has 1 saturated heterocycles. The Morgan fingerprint density at radius 1 is 1.19 bits per heavy atom. The molecular formula is C16H31N3O2. The summed E-state index contributed by atoms with van der Waals surface area (Å²) in [5.41, 5.74) is 0. The van der Waals surface area contributed by atoms with Gasteiger partial charge in [-0.3, -0.25) is 9.59 Å². The molecule has 0 radical (unpaired) electrons. The highest BCUT2D eigenvalue weighted by molar-refractivity contribution is 5.97. The van der Waals surface area contributed by atoms with Gasteiger partial charge in [0, 0.05) is 6.54 Å². The van der Waals surface area contributed by atoms with Gasteiger partial charge in [0.05, 0.1) is 0 Å². The molecule has 0 aliphatic carbocycles. The van der Waals surface area contributed by atoms with Gasteiger partial charge in [-0.15, -0.1) is 0 Å². The van der Waals surface area contributed by atoms with Crippen LogP contribution < -0.4 is 5.32 Å². The molecule has 0 spiro atoms. The summed E-state index contributed by atoms with van der Waals surface area (Å²) in [4.78, 5) is 29.0. The molecule has 0 aromatic rings. The third-order valence-corrected chi connectivity index (χ3v) is 3.84. The molecule has 2 amide bonds. The maximum absolute atomic E-state index is 12.7. The van der Waals surface area contributed by atoms with E-state index in [0.717, 1.165) is 13.0 Å². The molecule has 0 bridgehead atoms. The zero-order chi connectivity index (χ0) is 16.2. The van der Waals surface area contributed by atoms with Gasteiger partial charge in [0.25, 0.3) is 0 Å². The minimum atomic E-state index is -0.355. The molecule has 1 aliphatic rings. The first kappa shape index (κ1) is 18.0. The van der Waals surface area contributed by atoms with Crippen LogP contribution >= 0.6 is 0 Å². The summed E-state index contributed by atoms with van der Waals surface area (Å²) in [6.45, 7) is 9.72. The molecule has 2 atom stereocenters. The number of carbonyl (C=O) groups excluding carboxylic acids is 2. The van der Waals surface area contributed by atoms with E-state index >= 15 is 0 Å². The van der Waals surface area contributed by atoms with Gasteiger partial charge in [-0.05, 0) is 45.3 Å². The second-order valence-corrected chi connectivity index (χ2v) is 7.07. The quantitative estimate of drug-likeness (QED) is 0.771. The van der Waals surface area contributed by atoms with Gasteiger partial charge in [-0.2, -0.15) is 0 Å². The van der Waals surface area contributed by atoms with Crippen LogP contribution in [0.4, 0.5) is 0 Å². The summed E-state index contributed by atoms with van der Waals surface area (Å²) >= 11 is 0. The number of hydrogen-bond acceptors (Lipinski definition) is 3. The molecular weight excluding hydrogens is 266 g/mol. The Balaban J connectivity index is 2.82. The van der Waals surface area contributed by atoms with Gasteiger partial charge >= 0.3 is 0 Å². The first-order chi connectivity index (χ1) is 9.73. The van der Waals surface area contributed by atoms with Crippen molar-refractivity contribution in [3.05, 3.63) is 0 Å². The van der Waals surface area contributed by atoms with Crippen LogP contribution in [0.2, 0.25) is 0 Å². The Labute approximate surface area is 129 Å². The average Bonchev–Trinajstić information content (AvgIpc) is 2.33. The summed E-state index contributed by atoms with van der Waals surface area (Å²) in [5, 5.41) is 2.92. The zero-order valence-electron chi connectivity index (χ0n) is 14.3. The maximum Gasteiger partial charge on any atom is 0.245 e. The lowest BCUT2D eigenvalue weighted by molar-refractivity contribution is -0.151. The van der Waals surface area contributed by atoms with E-state index in [1.165, 1.54) is 0 Å². The Kier molecular flexibility index (Phi) is 6.65. The number of hydrogen-bond donors (Lipinski definition) is 1. The van der Waals surface area contributed by atoms with Crippen molar-refractivity contribution in [2.45, 2.75) is 52.6 Å². The second-order valence-electron chi connectivity index (χ2n) is 7.07. The van der Waals surface area contributed by atoms with Gasteiger partial charge in [0.1, 0.15) is 12.1 Å². The fraction of sp³-hybridized carbons (Fsp3) is 0.875. The zero-order valence-corrected chi connectivity index (χ0v) is 14.3. The third-order valence-electron chi connectivity index (χ3n) is 3.84. The van der Waals surface area contributed by atoms with Crippen molar-refractivity contribution in [1.82, 2.24) is 15.1 Å². The Hall–Kier alpha value is -1.10. The lowest BCUT2D eigenvalue weighted by atomic mass is 9.93. The fourth-order valence-electron chi connectivity index (χ4n) is 2.90. The summed E-state index contributed by atoms with van der Waals surface area (Å²) < 4.78 is 0. The number of nitrogens with zero attached hydrogens (tertiary/aromatic N) is 2. The summed E-state index contributed by atoms with van der Waals surface area (Å²) in [7, 11) is 4.04. The van der Waals surface area contributed by atoms with Crippen LogP contribution in [0.3, 0.4) is 0 Å². The molecule has 5 heteroatoms. The van der Waals surface area contributed by atoms with Crippen molar-refractivity contribution in [3.63, 3.8) is 0 Å². The third kappa shape index (κ3) is 4.99. The minimum Gasteiger partial charge on any atom is -0.342 e. The van der Waals surface area contributed by atoms with E-state index in [1.807, 2.05) is 27.9 Å². The SMILES string of the molecule is CC(C)CC1NC(=O)C(C(C)C)N(CCCN(C)C)C1=O. The topological polar surface area (TPSA) is 52.7 Å². The Morgan fingerprint density at radius 3 is 2.29 bits per heavy atom. The monoisotopic (exact) mass is 297 g/mol. The van der Waals surface area contributed by atoms with Gasteiger partial charge in [0.2, 0.25) is 11.8 Å². The predicted molar refractivity (Wildman–Crippen MR) is 84.9 cm³/mol. The lowest BCUT2D eigenvalue weighted by Crippen LogP contribution is -2.65. The lowest BCUT2D eigenvalue weighted by Gasteiger charge is -2.41. The van der Waals surface area contributed by atoms with E-state index in [9.17, 15) is 9.59 Å². The second kappa shape index (κ2) is 7.78. The van der Waals surface area contributed by atoms with Crippen LogP contribution in [0.5, 0.6) is 0 Å². The molecule has 0 aromatic heterocycles. The summed E-state index contributed by atoms with van der Waals surface area (Å²) in [6, 6.07) is -0.685. The van der Waals surface area contributed by atoms with Crippen molar-refractivity contribution in [2.75, 3.05) is 27.2 Å². The molecule has 1 rings (SSSR count). The van der Waals surface area contributed by atoms with Crippen molar-refractivity contribution >= 4 is 11.8 Å². The maximum atomic E-state index is 12.7. The molecule has 5 nitrogen and oxygen atoms in total. The summed E-state index contributed by atoms with van der Waals surface area (Å²) in [6.07, 6.45) is 1.60. The normalized spacial score (nSPS) is 23.4. The minimum absolute atomic E-state index is 0.0000954. The highest BCUT2D eigenvalue weighted by atomic mass is 16.2. The van der Waals surface area contributed by atoms with Crippen LogP contribution in [0.25, 0.3) is 0 Å². The van der Waals surface area contributed by atoms with Crippen LogP contribution in [0, 0.1) is 11.8 Å². The van der Waals surface area contributed by atoms with Gasteiger partial charge < -0.3 is 15.1 Å². The number of piperazine rings is 1. The van der Waals surface area contributed by atoms with E-state index in [-0.39, 0.29) is 29.8 Å².